The number of rotatable bonds is 6. The molecule has 0 amide bonds. The van der Waals surface area contributed by atoms with E-state index in [2.05, 4.69) is 13.8 Å². The molecule has 0 saturated heterocycles. The molecule has 0 radical (unpaired) electrons. The molecule has 0 aromatic carbocycles. The topological polar surface area (TPSA) is 20.2 Å². The quantitative estimate of drug-likeness (QED) is 0.651. The molecule has 12 heavy (non-hydrogen) atoms. The van der Waals surface area contributed by atoms with Crippen molar-refractivity contribution in [3.05, 3.63) is 0 Å². The molecule has 0 unspecified atom stereocenters. The predicted octanol–water partition coefficient (Wildman–Crippen LogP) is 3.36. The van der Waals surface area contributed by atoms with Gasteiger partial charge in [0.05, 0.1) is 5.60 Å². The van der Waals surface area contributed by atoms with Gasteiger partial charge in [-0.1, -0.05) is 39.5 Å². The van der Waals surface area contributed by atoms with E-state index in [0.29, 0.717) is 0 Å². The summed E-state index contributed by atoms with van der Waals surface area (Å²) in [5.41, 5.74) is -0.477. The fraction of sp³-hybridized carbons (Fsp3) is 1.00. The van der Waals surface area contributed by atoms with Gasteiger partial charge in [0.1, 0.15) is 0 Å². The Hall–Kier alpha value is -0.0400. The minimum Gasteiger partial charge on any atom is -0.390 e. The van der Waals surface area contributed by atoms with Crippen LogP contribution in [0.4, 0.5) is 0 Å². The summed E-state index contributed by atoms with van der Waals surface area (Å²) < 4.78 is 0. The largest absolute Gasteiger partial charge is 0.390 e. The van der Waals surface area contributed by atoms with Crippen LogP contribution in [0.2, 0.25) is 0 Å². The predicted molar refractivity (Wildman–Crippen MR) is 54.2 cm³/mol. The van der Waals surface area contributed by atoms with Crippen molar-refractivity contribution in [2.45, 2.75) is 65.4 Å². The second-order valence-corrected chi connectivity index (χ2v) is 4.46. The van der Waals surface area contributed by atoms with E-state index in [1.54, 1.807) is 0 Å². The van der Waals surface area contributed by atoms with Crippen molar-refractivity contribution in [2.75, 3.05) is 0 Å². The van der Waals surface area contributed by atoms with Crippen LogP contribution < -0.4 is 0 Å². The molecule has 0 fully saturated rings. The average molecular weight is 172 g/mol. The molecular weight excluding hydrogens is 148 g/mol. The lowest BCUT2D eigenvalue weighted by Gasteiger charge is -2.24. The van der Waals surface area contributed by atoms with Crippen LogP contribution in [0.15, 0.2) is 0 Å². The van der Waals surface area contributed by atoms with E-state index in [9.17, 15) is 5.11 Å². The Morgan fingerprint density at radius 3 is 1.75 bits per heavy atom. The zero-order chi connectivity index (χ0) is 9.61. The van der Waals surface area contributed by atoms with Crippen LogP contribution >= 0.6 is 0 Å². The van der Waals surface area contributed by atoms with Crippen molar-refractivity contribution in [1.29, 1.82) is 0 Å². The zero-order valence-corrected chi connectivity index (χ0v) is 9.06. The van der Waals surface area contributed by atoms with Gasteiger partial charge in [0.25, 0.3) is 0 Å². The molecule has 0 spiro atoms. The van der Waals surface area contributed by atoms with Crippen LogP contribution in [0.25, 0.3) is 0 Å². The van der Waals surface area contributed by atoms with E-state index in [4.69, 9.17) is 0 Å². The minimum atomic E-state index is -0.477. The van der Waals surface area contributed by atoms with Gasteiger partial charge in [0.2, 0.25) is 0 Å². The van der Waals surface area contributed by atoms with Crippen LogP contribution in [0.5, 0.6) is 0 Å². The first kappa shape index (κ1) is 12.0. The minimum absolute atomic E-state index is 0.477. The second kappa shape index (κ2) is 5.58. The fourth-order valence-electron chi connectivity index (χ4n) is 1.87. The van der Waals surface area contributed by atoms with Crippen LogP contribution in [-0.2, 0) is 0 Å². The molecule has 0 aliphatic heterocycles. The molecule has 1 N–H and O–H groups in total. The summed E-state index contributed by atoms with van der Waals surface area (Å²) in [4.78, 5) is 0. The first-order chi connectivity index (χ1) is 5.49. The molecule has 0 heterocycles. The zero-order valence-electron chi connectivity index (χ0n) is 9.06. The molecule has 1 nitrogen and oxygen atoms in total. The molecular formula is C11H24O. The van der Waals surface area contributed by atoms with E-state index < -0.39 is 5.60 Å². The summed E-state index contributed by atoms with van der Waals surface area (Å²) in [6.07, 6.45) is 5.95. The van der Waals surface area contributed by atoms with Crippen molar-refractivity contribution in [3.8, 4) is 0 Å². The highest BCUT2D eigenvalue weighted by Crippen LogP contribution is 2.24. The molecule has 0 rings (SSSR count). The molecule has 0 aromatic rings. The Morgan fingerprint density at radius 1 is 1.08 bits per heavy atom. The highest BCUT2D eigenvalue weighted by Gasteiger charge is 2.18. The van der Waals surface area contributed by atoms with Gasteiger partial charge >= 0.3 is 0 Å². The summed E-state index contributed by atoms with van der Waals surface area (Å²) in [6.45, 7) is 8.25. The first-order valence-electron chi connectivity index (χ1n) is 5.22. The summed E-state index contributed by atoms with van der Waals surface area (Å²) in [5.74, 6) is 0.722. The maximum atomic E-state index is 9.64. The Morgan fingerprint density at radius 2 is 1.50 bits per heavy atom. The SMILES string of the molecule is CCCC(CCC)CC(C)(C)O. The van der Waals surface area contributed by atoms with E-state index in [0.717, 1.165) is 12.3 Å². The highest BCUT2D eigenvalue weighted by atomic mass is 16.3. The Balaban J connectivity index is 3.77. The lowest BCUT2D eigenvalue weighted by Crippen LogP contribution is -2.23. The normalized spacial score (nSPS) is 12.5. The van der Waals surface area contributed by atoms with E-state index in [1.165, 1.54) is 25.7 Å². The Labute approximate surface area is 77.2 Å². The van der Waals surface area contributed by atoms with Crippen molar-refractivity contribution < 1.29 is 5.11 Å². The molecule has 0 bridgehead atoms. The maximum Gasteiger partial charge on any atom is 0.0594 e. The number of aliphatic hydroxyl groups is 1. The summed E-state index contributed by atoms with van der Waals surface area (Å²) in [7, 11) is 0. The van der Waals surface area contributed by atoms with Crippen LogP contribution in [-0.4, -0.2) is 10.7 Å². The lowest BCUT2D eigenvalue weighted by molar-refractivity contribution is 0.0492. The standard InChI is InChI=1S/C11H24O/c1-5-7-10(8-6-2)9-11(3,4)12/h10,12H,5-9H2,1-4H3. The Bertz CT molecular complexity index is 96.1. The van der Waals surface area contributed by atoms with Gasteiger partial charge < -0.3 is 5.11 Å². The molecule has 74 valence electrons. The third kappa shape index (κ3) is 6.66. The molecule has 0 aliphatic carbocycles. The second-order valence-electron chi connectivity index (χ2n) is 4.46. The summed E-state index contributed by atoms with van der Waals surface area (Å²) in [5, 5.41) is 9.64. The fourth-order valence-corrected chi connectivity index (χ4v) is 1.87. The molecule has 0 saturated carbocycles. The van der Waals surface area contributed by atoms with E-state index >= 15 is 0 Å². The third-order valence-electron chi connectivity index (χ3n) is 2.18. The van der Waals surface area contributed by atoms with Crippen molar-refractivity contribution in [3.63, 3.8) is 0 Å². The van der Waals surface area contributed by atoms with Gasteiger partial charge in [0.15, 0.2) is 0 Å². The van der Waals surface area contributed by atoms with Gasteiger partial charge in [0, 0.05) is 0 Å². The molecule has 0 atom stereocenters. The highest BCUT2D eigenvalue weighted by molar-refractivity contribution is 4.71. The summed E-state index contributed by atoms with van der Waals surface area (Å²) >= 11 is 0. The monoisotopic (exact) mass is 172 g/mol. The van der Waals surface area contributed by atoms with E-state index in [-0.39, 0.29) is 0 Å². The number of hydrogen-bond donors (Lipinski definition) is 1. The van der Waals surface area contributed by atoms with Crippen LogP contribution in [0.3, 0.4) is 0 Å². The van der Waals surface area contributed by atoms with Gasteiger partial charge in [-0.15, -0.1) is 0 Å². The maximum absolute atomic E-state index is 9.64. The van der Waals surface area contributed by atoms with Crippen LogP contribution in [0.1, 0.15) is 59.8 Å². The van der Waals surface area contributed by atoms with E-state index in [1.807, 2.05) is 13.8 Å². The van der Waals surface area contributed by atoms with Gasteiger partial charge in [-0.05, 0) is 26.2 Å². The molecule has 0 aliphatic rings. The molecule has 0 aromatic heterocycles. The first-order valence-corrected chi connectivity index (χ1v) is 5.22. The average Bonchev–Trinajstić information content (AvgIpc) is 1.84. The third-order valence-corrected chi connectivity index (χ3v) is 2.18. The van der Waals surface area contributed by atoms with Crippen molar-refractivity contribution in [2.24, 2.45) is 5.92 Å². The van der Waals surface area contributed by atoms with Crippen molar-refractivity contribution >= 4 is 0 Å². The van der Waals surface area contributed by atoms with Gasteiger partial charge in [-0.3, -0.25) is 0 Å². The lowest BCUT2D eigenvalue weighted by atomic mass is 9.87. The molecule has 1 heteroatoms. The van der Waals surface area contributed by atoms with Gasteiger partial charge in [-0.25, -0.2) is 0 Å². The van der Waals surface area contributed by atoms with Crippen molar-refractivity contribution in [1.82, 2.24) is 0 Å². The number of hydrogen-bond acceptors (Lipinski definition) is 1. The Kier molecular flexibility index (Phi) is 5.56. The van der Waals surface area contributed by atoms with Crippen LogP contribution in [0, 0.1) is 5.92 Å². The van der Waals surface area contributed by atoms with Gasteiger partial charge in [-0.2, -0.15) is 0 Å². The summed E-state index contributed by atoms with van der Waals surface area (Å²) in [6, 6.07) is 0. The smallest absolute Gasteiger partial charge is 0.0594 e.